The molecule has 0 bridgehead atoms. The van der Waals surface area contributed by atoms with Crippen LogP contribution in [0.1, 0.15) is 57.8 Å². The number of carbonyl (C=O) groups is 1. The molecule has 1 heterocycles. The van der Waals surface area contributed by atoms with Gasteiger partial charge in [-0.3, -0.25) is 9.69 Å². The van der Waals surface area contributed by atoms with E-state index in [1.807, 2.05) is 0 Å². The number of hydrogen-bond donors (Lipinski definition) is 2. The maximum Gasteiger partial charge on any atom is 0.220 e. The summed E-state index contributed by atoms with van der Waals surface area (Å²) in [4.78, 5) is 14.2. The molecule has 1 aliphatic carbocycles. The summed E-state index contributed by atoms with van der Waals surface area (Å²) in [6.45, 7) is 3.28. The summed E-state index contributed by atoms with van der Waals surface area (Å²) in [6, 6.07) is 0.381. The highest BCUT2D eigenvalue weighted by atomic mass is 16.3. The molecule has 1 amide bonds. The number of aliphatic hydroxyl groups excluding tert-OH is 1. The summed E-state index contributed by atoms with van der Waals surface area (Å²) >= 11 is 0. The highest BCUT2D eigenvalue weighted by Gasteiger charge is 2.22. The lowest BCUT2D eigenvalue weighted by atomic mass is 10.0. The molecule has 1 unspecified atom stereocenters. The molecule has 20 heavy (non-hydrogen) atoms. The number of nitrogens with one attached hydrogen (secondary N) is 1. The van der Waals surface area contributed by atoms with E-state index >= 15 is 0 Å². The molecule has 116 valence electrons. The Morgan fingerprint density at radius 3 is 2.70 bits per heavy atom. The van der Waals surface area contributed by atoms with E-state index in [0.29, 0.717) is 12.0 Å². The fourth-order valence-corrected chi connectivity index (χ4v) is 3.61. The summed E-state index contributed by atoms with van der Waals surface area (Å²) in [6.07, 6.45) is 10.3. The van der Waals surface area contributed by atoms with Gasteiger partial charge in [-0.05, 0) is 57.5 Å². The van der Waals surface area contributed by atoms with Crippen molar-refractivity contribution < 1.29 is 9.90 Å². The van der Waals surface area contributed by atoms with Gasteiger partial charge in [0.15, 0.2) is 0 Å². The number of unbranched alkanes of at least 4 members (excludes halogenated alkanes) is 1. The Bertz CT molecular complexity index is 290. The molecule has 2 N–H and O–H groups in total. The highest BCUT2D eigenvalue weighted by molar-refractivity contribution is 5.76. The lowest BCUT2D eigenvalue weighted by Crippen LogP contribution is -2.33. The Kier molecular flexibility index (Phi) is 6.80. The molecule has 1 aliphatic heterocycles. The van der Waals surface area contributed by atoms with Crippen LogP contribution in [0.25, 0.3) is 0 Å². The monoisotopic (exact) mass is 282 g/mol. The first-order chi connectivity index (χ1) is 9.79. The molecule has 1 saturated heterocycles. The summed E-state index contributed by atoms with van der Waals surface area (Å²) in [5.41, 5.74) is 0. The summed E-state index contributed by atoms with van der Waals surface area (Å²) in [5, 5.41) is 12.3. The zero-order chi connectivity index (χ0) is 14.2. The molecule has 0 aromatic heterocycles. The van der Waals surface area contributed by atoms with Crippen LogP contribution >= 0.6 is 0 Å². The van der Waals surface area contributed by atoms with Gasteiger partial charge in [-0.15, -0.1) is 0 Å². The molecular weight excluding hydrogens is 252 g/mol. The third kappa shape index (κ3) is 5.06. The normalized spacial score (nSPS) is 24.4. The minimum absolute atomic E-state index is 0.242. The molecule has 4 nitrogen and oxygen atoms in total. The maximum absolute atomic E-state index is 11.8. The smallest absolute Gasteiger partial charge is 0.220 e. The molecule has 0 aromatic rings. The minimum Gasteiger partial charge on any atom is -0.395 e. The van der Waals surface area contributed by atoms with Gasteiger partial charge in [0.05, 0.1) is 6.61 Å². The number of aliphatic hydroxyl groups is 1. The Balaban J connectivity index is 1.47. The van der Waals surface area contributed by atoms with Crippen LogP contribution in [0.15, 0.2) is 0 Å². The second-order valence-corrected chi connectivity index (χ2v) is 6.43. The Morgan fingerprint density at radius 1 is 1.15 bits per heavy atom. The summed E-state index contributed by atoms with van der Waals surface area (Å²) < 4.78 is 0. The average Bonchev–Trinajstić information content (AvgIpc) is 3.09. The fraction of sp³-hybridized carbons (Fsp3) is 0.938. The van der Waals surface area contributed by atoms with E-state index in [-0.39, 0.29) is 12.5 Å². The van der Waals surface area contributed by atoms with Crippen molar-refractivity contribution in [3.63, 3.8) is 0 Å². The second-order valence-electron chi connectivity index (χ2n) is 6.43. The second kappa shape index (κ2) is 8.63. The zero-order valence-electron chi connectivity index (χ0n) is 12.6. The fourth-order valence-electron chi connectivity index (χ4n) is 3.61. The van der Waals surface area contributed by atoms with Crippen molar-refractivity contribution in [2.75, 3.05) is 26.2 Å². The minimum atomic E-state index is 0.242. The first-order valence-corrected chi connectivity index (χ1v) is 8.41. The van der Waals surface area contributed by atoms with Gasteiger partial charge in [-0.2, -0.15) is 0 Å². The van der Waals surface area contributed by atoms with E-state index in [0.717, 1.165) is 45.3 Å². The molecule has 1 saturated carbocycles. The number of hydrogen-bond acceptors (Lipinski definition) is 3. The van der Waals surface area contributed by atoms with Crippen LogP contribution in [0, 0.1) is 5.92 Å². The Labute approximate surface area is 122 Å². The first kappa shape index (κ1) is 15.8. The van der Waals surface area contributed by atoms with Crippen LogP contribution in [0.3, 0.4) is 0 Å². The van der Waals surface area contributed by atoms with Gasteiger partial charge in [-0.1, -0.05) is 12.8 Å². The van der Waals surface area contributed by atoms with E-state index in [9.17, 15) is 9.90 Å². The third-order valence-corrected chi connectivity index (χ3v) is 4.85. The van der Waals surface area contributed by atoms with Crippen molar-refractivity contribution in [2.24, 2.45) is 5.92 Å². The van der Waals surface area contributed by atoms with Crippen molar-refractivity contribution in [2.45, 2.75) is 63.8 Å². The number of rotatable bonds is 8. The van der Waals surface area contributed by atoms with E-state index in [1.165, 1.54) is 32.1 Å². The molecular formula is C16H30N2O2. The molecule has 0 radical (unpaired) electrons. The van der Waals surface area contributed by atoms with Crippen molar-refractivity contribution in [1.82, 2.24) is 10.2 Å². The molecule has 4 heteroatoms. The SMILES string of the molecule is O=C(CC1CCCC1)NCCCCN1CCCC1CO. The average molecular weight is 282 g/mol. The molecule has 2 rings (SSSR count). The predicted molar refractivity (Wildman–Crippen MR) is 80.5 cm³/mol. The van der Waals surface area contributed by atoms with E-state index in [2.05, 4.69) is 10.2 Å². The number of carbonyl (C=O) groups excluding carboxylic acids is 1. The van der Waals surface area contributed by atoms with Gasteiger partial charge in [-0.25, -0.2) is 0 Å². The van der Waals surface area contributed by atoms with E-state index in [1.54, 1.807) is 0 Å². The van der Waals surface area contributed by atoms with Crippen LogP contribution < -0.4 is 5.32 Å². The highest BCUT2D eigenvalue weighted by Crippen LogP contribution is 2.27. The van der Waals surface area contributed by atoms with Crippen molar-refractivity contribution in [3.05, 3.63) is 0 Å². The quantitative estimate of drug-likeness (QED) is 0.669. The van der Waals surface area contributed by atoms with Crippen LogP contribution in [0.5, 0.6) is 0 Å². The third-order valence-electron chi connectivity index (χ3n) is 4.85. The van der Waals surface area contributed by atoms with Crippen LogP contribution in [0.2, 0.25) is 0 Å². The lowest BCUT2D eigenvalue weighted by Gasteiger charge is -2.22. The van der Waals surface area contributed by atoms with E-state index < -0.39 is 0 Å². The van der Waals surface area contributed by atoms with Crippen LogP contribution in [0.4, 0.5) is 0 Å². The number of nitrogens with zero attached hydrogens (tertiary/aromatic N) is 1. The first-order valence-electron chi connectivity index (χ1n) is 8.41. The summed E-state index contributed by atoms with van der Waals surface area (Å²) in [7, 11) is 0. The van der Waals surface area contributed by atoms with Crippen molar-refractivity contribution in [1.29, 1.82) is 0 Å². The van der Waals surface area contributed by atoms with Crippen molar-refractivity contribution in [3.8, 4) is 0 Å². The number of amides is 1. The van der Waals surface area contributed by atoms with Crippen molar-refractivity contribution >= 4 is 5.91 Å². The molecule has 2 aliphatic rings. The van der Waals surface area contributed by atoms with Gasteiger partial charge in [0.2, 0.25) is 5.91 Å². The molecule has 2 fully saturated rings. The Hall–Kier alpha value is -0.610. The van der Waals surface area contributed by atoms with Gasteiger partial charge < -0.3 is 10.4 Å². The topological polar surface area (TPSA) is 52.6 Å². The summed E-state index contributed by atoms with van der Waals surface area (Å²) in [5.74, 6) is 0.885. The standard InChI is InChI=1S/C16H30N2O2/c19-13-15-8-5-11-18(15)10-4-3-9-17-16(20)12-14-6-1-2-7-14/h14-15,19H,1-13H2,(H,17,20). The van der Waals surface area contributed by atoms with Gasteiger partial charge in [0, 0.05) is 19.0 Å². The maximum atomic E-state index is 11.8. The Morgan fingerprint density at radius 2 is 1.95 bits per heavy atom. The van der Waals surface area contributed by atoms with Gasteiger partial charge >= 0.3 is 0 Å². The molecule has 0 spiro atoms. The predicted octanol–water partition coefficient (Wildman–Crippen LogP) is 1.92. The largest absolute Gasteiger partial charge is 0.395 e. The van der Waals surface area contributed by atoms with Gasteiger partial charge in [0.25, 0.3) is 0 Å². The van der Waals surface area contributed by atoms with Crippen LogP contribution in [-0.2, 0) is 4.79 Å². The lowest BCUT2D eigenvalue weighted by molar-refractivity contribution is -0.121. The van der Waals surface area contributed by atoms with E-state index in [4.69, 9.17) is 0 Å². The molecule has 0 aromatic carbocycles. The molecule has 1 atom stereocenters. The van der Waals surface area contributed by atoms with Crippen LogP contribution in [-0.4, -0.2) is 48.2 Å². The van der Waals surface area contributed by atoms with Gasteiger partial charge in [0.1, 0.15) is 0 Å². The number of likely N-dealkylation sites (tertiary alicyclic amines) is 1. The zero-order valence-corrected chi connectivity index (χ0v) is 12.6.